The van der Waals surface area contributed by atoms with Crippen LogP contribution in [0.4, 0.5) is 5.69 Å². The fraction of sp³-hybridized carbons (Fsp3) is 0.333. The number of nitro groups is 1. The summed E-state index contributed by atoms with van der Waals surface area (Å²) >= 11 is 1.50. The van der Waals surface area contributed by atoms with Gasteiger partial charge in [-0.3, -0.25) is 14.7 Å². The molecule has 0 saturated carbocycles. The van der Waals surface area contributed by atoms with Crippen molar-refractivity contribution in [2.75, 3.05) is 5.75 Å². The second kappa shape index (κ2) is 5.48. The van der Waals surface area contributed by atoms with Crippen LogP contribution >= 0.6 is 19.8 Å². The first-order chi connectivity index (χ1) is 7.47. The monoisotopic (exact) mass is 261 g/mol. The molecule has 7 heteroatoms. The first-order valence-electron chi connectivity index (χ1n) is 4.62. The van der Waals surface area contributed by atoms with Crippen molar-refractivity contribution in [1.29, 1.82) is 0 Å². The van der Waals surface area contributed by atoms with Crippen molar-refractivity contribution in [3.8, 4) is 0 Å². The van der Waals surface area contributed by atoms with Crippen LogP contribution in [0.25, 0.3) is 0 Å². The van der Waals surface area contributed by atoms with Crippen LogP contribution in [0, 0.1) is 17.0 Å². The minimum atomic E-state index is -3.05. The summed E-state index contributed by atoms with van der Waals surface area (Å²) < 4.78 is 11.1. The van der Waals surface area contributed by atoms with Gasteiger partial charge in [0, 0.05) is 11.0 Å². The Bertz CT molecular complexity index is 449. The second-order valence-electron chi connectivity index (χ2n) is 3.13. The van der Waals surface area contributed by atoms with Crippen LogP contribution in [-0.2, 0) is 4.57 Å². The van der Waals surface area contributed by atoms with Crippen molar-refractivity contribution < 1.29 is 14.4 Å². The van der Waals surface area contributed by atoms with Crippen molar-refractivity contribution in [3.05, 3.63) is 27.8 Å². The van der Waals surface area contributed by atoms with Crippen LogP contribution in [0.5, 0.6) is 0 Å². The highest BCUT2D eigenvalue weighted by Gasteiger charge is 2.19. The fourth-order valence-corrected chi connectivity index (χ4v) is 2.86. The predicted molar refractivity (Wildman–Crippen MR) is 65.1 cm³/mol. The molecule has 0 spiro atoms. The first-order valence-corrected chi connectivity index (χ1v) is 6.96. The molecule has 16 heavy (non-hydrogen) atoms. The van der Waals surface area contributed by atoms with Crippen LogP contribution in [0.15, 0.2) is 17.0 Å². The second-order valence-corrected chi connectivity index (χ2v) is 5.58. The maximum Gasteiger partial charge on any atom is 0.282 e. The van der Waals surface area contributed by atoms with E-state index in [1.807, 2.05) is 6.92 Å². The highest BCUT2D eigenvalue weighted by Crippen LogP contribution is 2.29. The molecule has 1 atom stereocenters. The highest BCUT2D eigenvalue weighted by atomic mass is 32.2. The molecule has 88 valence electrons. The average molecular weight is 261 g/mol. The lowest BCUT2D eigenvalue weighted by Gasteiger charge is -2.06. The number of rotatable bonds is 4. The highest BCUT2D eigenvalue weighted by molar-refractivity contribution is 7.99. The van der Waals surface area contributed by atoms with Gasteiger partial charge in [0.2, 0.25) is 8.03 Å². The molecular formula is C9H12NO4PS. The summed E-state index contributed by atoms with van der Waals surface area (Å²) in [6, 6.07) is 2.80. The summed E-state index contributed by atoms with van der Waals surface area (Å²) in [5.41, 5.74) is 0.481. The van der Waals surface area contributed by atoms with Crippen molar-refractivity contribution in [2.45, 2.75) is 18.7 Å². The predicted octanol–water partition coefficient (Wildman–Crippen LogP) is 2.11. The third-order valence-electron chi connectivity index (χ3n) is 2.02. The van der Waals surface area contributed by atoms with E-state index >= 15 is 0 Å². The maximum atomic E-state index is 11.1. The molecular weight excluding hydrogens is 249 g/mol. The molecule has 1 aromatic rings. The minimum Gasteiger partial charge on any atom is -0.343 e. The van der Waals surface area contributed by atoms with Gasteiger partial charge in [-0.25, -0.2) is 0 Å². The van der Waals surface area contributed by atoms with E-state index in [1.165, 1.54) is 23.9 Å². The van der Waals surface area contributed by atoms with E-state index in [9.17, 15) is 14.7 Å². The number of hydrogen-bond donors (Lipinski definition) is 1. The maximum absolute atomic E-state index is 11.1. The lowest BCUT2D eigenvalue weighted by atomic mass is 10.2. The van der Waals surface area contributed by atoms with E-state index in [4.69, 9.17) is 4.89 Å². The molecule has 0 aliphatic heterocycles. The zero-order valence-electron chi connectivity index (χ0n) is 8.89. The van der Waals surface area contributed by atoms with E-state index in [2.05, 4.69) is 0 Å². The van der Waals surface area contributed by atoms with Crippen LogP contribution in [0.3, 0.4) is 0 Å². The summed E-state index contributed by atoms with van der Waals surface area (Å²) in [6.45, 7) is 3.70. The Balaban J connectivity index is 3.37. The molecule has 1 aromatic carbocycles. The van der Waals surface area contributed by atoms with E-state index < -0.39 is 13.0 Å². The van der Waals surface area contributed by atoms with E-state index in [0.717, 1.165) is 16.2 Å². The number of thioether (sulfide) groups is 1. The molecule has 1 unspecified atom stereocenters. The molecule has 0 aliphatic rings. The van der Waals surface area contributed by atoms with Crippen LogP contribution < -0.4 is 5.30 Å². The van der Waals surface area contributed by atoms with Crippen molar-refractivity contribution in [2.24, 2.45) is 0 Å². The van der Waals surface area contributed by atoms with Crippen LogP contribution in [0.1, 0.15) is 12.5 Å². The molecule has 1 rings (SSSR count). The zero-order valence-corrected chi connectivity index (χ0v) is 10.7. The summed E-state index contributed by atoms with van der Waals surface area (Å²) in [6.07, 6.45) is 0. The van der Waals surface area contributed by atoms with Gasteiger partial charge < -0.3 is 4.89 Å². The number of nitrogens with zero attached hydrogens (tertiary/aromatic N) is 1. The average Bonchev–Trinajstić information content (AvgIpc) is 2.20. The summed E-state index contributed by atoms with van der Waals surface area (Å²) in [5.74, 6) is 0.810. The molecule has 0 radical (unpaired) electrons. The molecule has 0 aliphatic carbocycles. The van der Waals surface area contributed by atoms with Gasteiger partial charge in [-0.05, 0) is 24.3 Å². The quantitative estimate of drug-likeness (QED) is 0.388. The Hall–Kier alpha value is -0.840. The molecule has 1 N–H and O–H groups in total. The number of nitro benzene ring substituents is 1. The summed E-state index contributed by atoms with van der Waals surface area (Å²) in [4.78, 5) is 20.0. The first kappa shape index (κ1) is 13.2. The minimum absolute atomic E-state index is 0.0726. The van der Waals surface area contributed by atoms with Gasteiger partial charge in [0.15, 0.2) is 0 Å². The number of aryl methyl sites for hydroxylation is 1. The van der Waals surface area contributed by atoms with Crippen molar-refractivity contribution in [3.63, 3.8) is 0 Å². The summed E-state index contributed by atoms with van der Waals surface area (Å²) in [5, 5.41) is 10.6. The lowest BCUT2D eigenvalue weighted by Crippen LogP contribution is -2.06. The van der Waals surface area contributed by atoms with Crippen molar-refractivity contribution in [1.82, 2.24) is 0 Å². The molecule has 5 nitrogen and oxygen atoms in total. The largest absolute Gasteiger partial charge is 0.343 e. The Kier molecular flexibility index (Phi) is 4.53. The molecule has 0 amide bonds. The van der Waals surface area contributed by atoms with E-state index in [-0.39, 0.29) is 11.0 Å². The fourth-order valence-electron chi connectivity index (χ4n) is 1.31. The van der Waals surface area contributed by atoms with Gasteiger partial charge in [-0.1, -0.05) is 6.92 Å². The smallest absolute Gasteiger partial charge is 0.282 e. The van der Waals surface area contributed by atoms with Gasteiger partial charge in [-0.2, -0.15) is 0 Å². The molecule has 0 aromatic heterocycles. The molecule has 0 heterocycles. The lowest BCUT2D eigenvalue weighted by molar-refractivity contribution is -0.383. The summed E-state index contributed by atoms with van der Waals surface area (Å²) in [7, 11) is -3.05. The van der Waals surface area contributed by atoms with Gasteiger partial charge >= 0.3 is 0 Å². The topological polar surface area (TPSA) is 80.4 Å². The zero-order chi connectivity index (χ0) is 12.3. The van der Waals surface area contributed by atoms with Crippen molar-refractivity contribution >= 4 is 30.8 Å². The molecule has 0 bridgehead atoms. The van der Waals surface area contributed by atoms with E-state index in [1.54, 1.807) is 6.92 Å². The third-order valence-corrected chi connectivity index (χ3v) is 3.92. The van der Waals surface area contributed by atoms with Gasteiger partial charge in [0.05, 0.1) is 4.92 Å². The molecule has 0 saturated heterocycles. The molecule has 0 fully saturated rings. The van der Waals surface area contributed by atoms with Gasteiger partial charge in [0.1, 0.15) is 5.30 Å². The number of benzene rings is 1. The van der Waals surface area contributed by atoms with Gasteiger partial charge in [0.25, 0.3) is 5.69 Å². The normalized spacial score (nSPS) is 12.4. The Morgan fingerprint density at radius 3 is 2.62 bits per heavy atom. The van der Waals surface area contributed by atoms with Gasteiger partial charge in [-0.15, -0.1) is 11.8 Å². The Morgan fingerprint density at radius 2 is 2.19 bits per heavy atom. The van der Waals surface area contributed by atoms with Crippen LogP contribution in [-0.4, -0.2) is 15.6 Å². The van der Waals surface area contributed by atoms with Crippen LogP contribution in [0.2, 0.25) is 0 Å². The van der Waals surface area contributed by atoms with E-state index in [0.29, 0.717) is 0 Å². The number of hydrogen-bond acceptors (Lipinski definition) is 4. The third kappa shape index (κ3) is 2.84. The standard InChI is InChI=1S/C9H12NO4PS/c1-3-16-9-5-8(15(13)14)7(10(11)12)4-6(9)2/h4-5,15H,3H2,1-2H3,(H,13,14). The Labute approximate surface area is 97.9 Å². The Morgan fingerprint density at radius 1 is 1.56 bits per heavy atom. The SMILES string of the molecule is CCSc1cc([PH](=O)O)c([N+](=O)[O-])cc1C.